The van der Waals surface area contributed by atoms with Crippen LogP contribution in [0.1, 0.15) is 45.1 Å². The fourth-order valence-electron chi connectivity index (χ4n) is 3.61. The second-order valence-corrected chi connectivity index (χ2v) is 6.85. The Morgan fingerprint density at radius 1 is 1.20 bits per heavy atom. The molecule has 0 spiro atoms. The van der Waals surface area contributed by atoms with Crippen molar-refractivity contribution in [2.75, 3.05) is 6.54 Å². The Morgan fingerprint density at radius 3 is 2.30 bits per heavy atom. The summed E-state index contributed by atoms with van der Waals surface area (Å²) in [5, 5.41) is 10.7. The van der Waals surface area contributed by atoms with Crippen LogP contribution in [0.3, 0.4) is 0 Å². The summed E-state index contributed by atoms with van der Waals surface area (Å²) in [6.45, 7) is 5.22. The van der Waals surface area contributed by atoms with Crippen LogP contribution in [0.25, 0.3) is 0 Å². The zero-order chi connectivity index (χ0) is 14.6. The van der Waals surface area contributed by atoms with E-state index in [1.807, 2.05) is 18.2 Å². The predicted octanol–water partition coefficient (Wildman–Crippen LogP) is 3.38. The monoisotopic (exact) mass is 275 g/mol. The number of aliphatic hydroxyl groups excluding tert-OH is 1. The van der Waals surface area contributed by atoms with Gasteiger partial charge in [0.05, 0.1) is 6.10 Å². The maximum Gasteiger partial charge on any atom is 0.0648 e. The smallest absolute Gasteiger partial charge is 0.0648 e. The summed E-state index contributed by atoms with van der Waals surface area (Å²) in [4.78, 5) is 0. The first kappa shape index (κ1) is 15.5. The van der Waals surface area contributed by atoms with Crippen molar-refractivity contribution in [2.24, 2.45) is 23.0 Å². The molecule has 3 N–H and O–H groups in total. The van der Waals surface area contributed by atoms with E-state index in [2.05, 4.69) is 26.0 Å². The van der Waals surface area contributed by atoms with Gasteiger partial charge in [-0.3, -0.25) is 0 Å². The lowest BCUT2D eigenvalue weighted by Crippen LogP contribution is -2.46. The summed E-state index contributed by atoms with van der Waals surface area (Å²) < 4.78 is 0. The lowest BCUT2D eigenvalue weighted by molar-refractivity contribution is -0.0124. The molecule has 1 aromatic carbocycles. The topological polar surface area (TPSA) is 46.2 Å². The third-order valence-electron chi connectivity index (χ3n) is 5.35. The minimum Gasteiger partial charge on any atom is -0.392 e. The van der Waals surface area contributed by atoms with Crippen LogP contribution in [0.4, 0.5) is 0 Å². The van der Waals surface area contributed by atoms with Crippen LogP contribution < -0.4 is 5.73 Å². The molecular weight excluding hydrogens is 246 g/mol. The molecule has 0 aliphatic heterocycles. The van der Waals surface area contributed by atoms with Gasteiger partial charge in [0.15, 0.2) is 0 Å². The lowest BCUT2D eigenvalue weighted by atomic mass is 9.64. The van der Waals surface area contributed by atoms with Crippen LogP contribution in [-0.2, 0) is 6.42 Å². The molecule has 1 unspecified atom stereocenters. The third-order valence-corrected chi connectivity index (χ3v) is 5.35. The molecule has 0 aromatic heterocycles. The molecule has 1 aliphatic carbocycles. The summed E-state index contributed by atoms with van der Waals surface area (Å²) in [6, 6.07) is 10.3. The normalized spacial score (nSPS) is 28.6. The van der Waals surface area contributed by atoms with Crippen LogP contribution in [0, 0.1) is 17.3 Å². The van der Waals surface area contributed by atoms with E-state index >= 15 is 0 Å². The van der Waals surface area contributed by atoms with Crippen molar-refractivity contribution in [1.82, 2.24) is 0 Å². The van der Waals surface area contributed by atoms with Crippen molar-refractivity contribution in [3.8, 4) is 0 Å². The zero-order valence-corrected chi connectivity index (χ0v) is 12.9. The summed E-state index contributed by atoms with van der Waals surface area (Å²) in [6.07, 6.45) is 4.97. The predicted molar refractivity (Wildman–Crippen MR) is 84.4 cm³/mol. The first-order valence-electron chi connectivity index (χ1n) is 7.99. The molecule has 20 heavy (non-hydrogen) atoms. The Balaban J connectivity index is 2.01. The van der Waals surface area contributed by atoms with Crippen molar-refractivity contribution in [1.29, 1.82) is 0 Å². The Morgan fingerprint density at radius 2 is 1.80 bits per heavy atom. The maximum atomic E-state index is 10.7. The number of nitrogens with two attached hydrogens (primary N) is 1. The van der Waals surface area contributed by atoms with E-state index in [-0.39, 0.29) is 11.5 Å². The zero-order valence-electron chi connectivity index (χ0n) is 12.9. The van der Waals surface area contributed by atoms with Crippen LogP contribution in [0.2, 0.25) is 0 Å². The maximum absolute atomic E-state index is 10.7. The molecule has 2 rings (SSSR count). The molecule has 1 atom stereocenters. The molecule has 0 heterocycles. The second-order valence-electron chi connectivity index (χ2n) is 6.85. The molecule has 2 heteroatoms. The van der Waals surface area contributed by atoms with Crippen LogP contribution >= 0.6 is 0 Å². The largest absolute Gasteiger partial charge is 0.392 e. The van der Waals surface area contributed by atoms with Crippen molar-refractivity contribution in [3.63, 3.8) is 0 Å². The van der Waals surface area contributed by atoms with Gasteiger partial charge in [0, 0.05) is 12.0 Å². The van der Waals surface area contributed by atoms with Gasteiger partial charge in [-0.25, -0.2) is 0 Å². The average Bonchev–Trinajstić information content (AvgIpc) is 2.48. The summed E-state index contributed by atoms with van der Waals surface area (Å²) in [5.74, 6) is 1.55. The molecule has 0 saturated heterocycles. The van der Waals surface area contributed by atoms with Gasteiger partial charge in [0.2, 0.25) is 0 Å². The molecular formula is C18H29NO. The van der Waals surface area contributed by atoms with Gasteiger partial charge >= 0.3 is 0 Å². The van der Waals surface area contributed by atoms with Gasteiger partial charge in [-0.2, -0.15) is 0 Å². The van der Waals surface area contributed by atoms with Gasteiger partial charge in [-0.1, -0.05) is 44.2 Å². The highest BCUT2D eigenvalue weighted by Gasteiger charge is 2.40. The Kier molecular flexibility index (Phi) is 5.22. The second kappa shape index (κ2) is 6.73. The summed E-state index contributed by atoms with van der Waals surface area (Å²) in [5.41, 5.74) is 7.19. The van der Waals surface area contributed by atoms with E-state index in [0.717, 1.165) is 31.1 Å². The Bertz CT molecular complexity index is 393. The highest BCUT2D eigenvalue weighted by Crippen LogP contribution is 2.43. The molecule has 1 aromatic rings. The van der Waals surface area contributed by atoms with Gasteiger partial charge < -0.3 is 10.8 Å². The Hall–Kier alpha value is -0.860. The minimum atomic E-state index is -0.317. The third kappa shape index (κ3) is 3.42. The van der Waals surface area contributed by atoms with Gasteiger partial charge in [0.25, 0.3) is 0 Å². The molecule has 1 saturated carbocycles. The quantitative estimate of drug-likeness (QED) is 0.865. The van der Waals surface area contributed by atoms with E-state index in [1.165, 1.54) is 18.4 Å². The highest BCUT2D eigenvalue weighted by atomic mass is 16.3. The number of benzene rings is 1. The molecule has 0 amide bonds. The fraction of sp³-hybridized carbons (Fsp3) is 0.667. The molecule has 0 radical (unpaired) electrons. The Labute approximate surface area is 123 Å². The fourth-order valence-corrected chi connectivity index (χ4v) is 3.61. The van der Waals surface area contributed by atoms with E-state index in [9.17, 15) is 5.11 Å². The standard InChI is InChI=1S/C18H29NO/c1-14(2)16-8-10-18(13-19,11-9-16)17(20)12-15-6-4-3-5-7-15/h3-7,14,16-17,20H,8-13,19H2,1-2H3. The van der Waals surface area contributed by atoms with Crippen molar-refractivity contribution >= 4 is 0 Å². The van der Waals surface area contributed by atoms with E-state index in [4.69, 9.17) is 5.73 Å². The number of hydrogen-bond donors (Lipinski definition) is 2. The van der Waals surface area contributed by atoms with Crippen molar-refractivity contribution in [3.05, 3.63) is 35.9 Å². The van der Waals surface area contributed by atoms with Crippen molar-refractivity contribution < 1.29 is 5.11 Å². The van der Waals surface area contributed by atoms with Crippen LogP contribution in [-0.4, -0.2) is 17.8 Å². The minimum absolute atomic E-state index is 0.0682. The SMILES string of the molecule is CC(C)C1CCC(CN)(C(O)Cc2ccccc2)CC1. The molecule has 1 aliphatic rings. The van der Waals surface area contributed by atoms with Crippen molar-refractivity contribution in [2.45, 2.75) is 52.1 Å². The van der Waals surface area contributed by atoms with Crippen LogP contribution in [0.5, 0.6) is 0 Å². The number of aliphatic hydroxyl groups is 1. The lowest BCUT2D eigenvalue weighted by Gasteiger charge is -2.44. The number of rotatable bonds is 5. The first-order chi connectivity index (χ1) is 9.57. The molecule has 1 fully saturated rings. The van der Waals surface area contributed by atoms with E-state index in [1.54, 1.807) is 0 Å². The average molecular weight is 275 g/mol. The molecule has 2 nitrogen and oxygen atoms in total. The van der Waals surface area contributed by atoms with Gasteiger partial charge in [-0.05, 0) is 49.5 Å². The summed E-state index contributed by atoms with van der Waals surface area (Å²) >= 11 is 0. The van der Waals surface area contributed by atoms with Gasteiger partial charge in [0.1, 0.15) is 0 Å². The van der Waals surface area contributed by atoms with Gasteiger partial charge in [-0.15, -0.1) is 0 Å². The summed E-state index contributed by atoms with van der Waals surface area (Å²) in [7, 11) is 0. The molecule has 112 valence electrons. The number of hydrogen-bond acceptors (Lipinski definition) is 2. The molecule has 0 bridgehead atoms. The van der Waals surface area contributed by atoms with Crippen LogP contribution in [0.15, 0.2) is 30.3 Å². The first-order valence-corrected chi connectivity index (χ1v) is 7.99. The van der Waals surface area contributed by atoms with E-state index in [0.29, 0.717) is 6.54 Å². The highest BCUT2D eigenvalue weighted by molar-refractivity contribution is 5.16. The van der Waals surface area contributed by atoms with E-state index < -0.39 is 0 Å².